The molecule has 1 heterocycles. The molecule has 0 aromatic heterocycles. The van der Waals surface area contributed by atoms with Gasteiger partial charge in [-0.15, -0.1) is 0 Å². The summed E-state index contributed by atoms with van der Waals surface area (Å²) in [6, 6.07) is 5.47. The molecule has 106 valence electrons. The van der Waals surface area contributed by atoms with Gasteiger partial charge in [-0.05, 0) is 66.2 Å². The minimum absolute atomic E-state index is 0.0782. The van der Waals surface area contributed by atoms with Crippen molar-refractivity contribution in [1.29, 1.82) is 0 Å². The standard InChI is InChI=1S/C14H20BrNO2S/c1-10-5-7-14(13(15)8-10)19(17,18)16-9-11(2)4-6-12(16)3/h5,7-8,11-12H,4,6,9H2,1-3H3. The Labute approximate surface area is 124 Å². The monoisotopic (exact) mass is 345 g/mol. The van der Waals surface area contributed by atoms with Crippen molar-refractivity contribution in [2.75, 3.05) is 6.54 Å². The summed E-state index contributed by atoms with van der Waals surface area (Å²) in [6.07, 6.45) is 2.03. The van der Waals surface area contributed by atoms with Crippen LogP contribution in [0.2, 0.25) is 0 Å². The number of aryl methyl sites for hydroxylation is 1. The van der Waals surface area contributed by atoms with Gasteiger partial charge in [-0.3, -0.25) is 0 Å². The van der Waals surface area contributed by atoms with Gasteiger partial charge >= 0.3 is 0 Å². The van der Waals surface area contributed by atoms with E-state index < -0.39 is 10.0 Å². The molecular formula is C14H20BrNO2S. The van der Waals surface area contributed by atoms with Crippen LogP contribution in [0.3, 0.4) is 0 Å². The molecule has 2 rings (SSSR count). The molecular weight excluding hydrogens is 326 g/mol. The first kappa shape index (κ1) is 15.0. The molecule has 0 bridgehead atoms. The van der Waals surface area contributed by atoms with Crippen LogP contribution in [-0.2, 0) is 10.0 Å². The third-order valence-corrected chi connectivity index (χ3v) is 6.69. The third-order valence-electron chi connectivity index (χ3n) is 3.73. The van der Waals surface area contributed by atoms with E-state index in [0.717, 1.165) is 18.4 Å². The molecule has 0 amide bonds. The molecule has 0 N–H and O–H groups in total. The molecule has 1 aliphatic rings. The molecule has 19 heavy (non-hydrogen) atoms. The first-order valence-electron chi connectivity index (χ1n) is 6.60. The number of halogens is 1. The highest BCUT2D eigenvalue weighted by atomic mass is 79.9. The van der Waals surface area contributed by atoms with E-state index in [1.807, 2.05) is 26.0 Å². The van der Waals surface area contributed by atoms with E-state index in [2.05, 4.69) is 22.9 Å². The Hall–Kier alpha value is -0.390. The molecule has 0 radical (unpaired) electrons. The first-order chi connectivity index (χ1) is 8.82. The predicted molar refractivity (Wildman–Crippen MR) is 80.6 cm³/mol. The van der Waals surface area contributed by atoms with E-state index in [1.54, 1.807) is 10.4 Å². The smallest absolute Gasteiger partial charge is 0.207 e. The molecule has 3 nitrogen and oxygen atoms in total. The molecule has 2 unspecified atom stereocenters. The van der Waals surface area contributed by atoms with Crippen LogP contribution >= 0.6 is 15.9 Å². The number of piperidine rings is 1. The summed E-state index contributed by atoms with van der Waals surface area (Å²) in [6.45, 7) is 6.67. The SMILES string of the molecule is Cc1ccc(S(=O)(=O)N2CC(C)CCC2C)c(Br)c1. The van der Waals surface area contributed by atoms with Crippen LogP contribution in [0.15, 0.2) is 27.6 Å². The lowest BCUT2D eigenvalue weighted by atomic mass is 9.97. The Morgan fingerprint density at radius 1 is 1.26 bits per heavy atom. The van der Waals surface area contributed by atoms with Gasteiger partial charge in [0.15, 0.2) is 0 Å². The quantitative estimate of drug-likeness (QED) is 0.821. The summed E-state index contributed by atoms with van der Waals surface area (Å²) in [5, 5.41) is 0. The van der Waals surface area contributed by atoms with Crippen LogP contribution < -0.4 is 0 Å². The highest BCUT2D eigenvalue weighted by Crippen LogP contribution is 2.31. The van der Waals surface area contributed by atoms with Gasteiger partial charge in [-0.1, -0.05) is 13.0 Å². The zero-order chi connectivity index (χ0) is 14.2. The van der Waals surface area contributed by atoms with Crippen LogP contribution in [0, 0.1) is 12.8 Å². The molecule has 0 saturated carbocycles. The van der Waals surface area contributed by atoms with Crippen molar-refractivity contribution in [3.8, 4) is 0 Å². The van der Waals surface area contributed by atoms with Gasteiger partial charge < -0.3 is 0 Å². The zero-order valence-corrected chi connectivity index (χ0v) is 14.0. The Balaban J connectivity index is 2.41. The maximum Gasteiger partial charge on any atom is 0.244 e. The summed E-state index contributed by atoms with van der Waals surface area (Å²) in [7, 11) is -3.41. The third kappa shape index (κ3) is 3.03. The number of nitrogens with zero attached hydrogens (tertiary/aromatic N) is 1. The van der Waals surface area contributed by atoms with Gasteiger partial charge in [0.05, 0.1) is 4.90 Å². The van der Waals surface area contributed by atoms with E-state index in [9.17, 15) is 8.42 Å². The molecule has 2 atom stereocenters. The first-order valence-corrected chi connectivity index (χ1v) is 8.83. The van der Waals surface area contributed by atoms with Crippen molar-refractivity contribution in [3.05, 3.63) is 28.2 Å². The highest BCUT2D eigenvalue weighted by Gasteiger charge is 2.34. The number of benzene rings is 1. The predicted octanol–water partition coefficient (Wildman–Crippen LogP) is 3.57. The minimum Gasteiger partial charge on any atom is -0.207 e. The minimum atomic E-state index is -3.41. The van der Waals surface area contributed by atoms with E-state index in [0.29, 0.717) is 21.8 Å². The van der Waals surface area contributed by atoms with Crippen molar-refractivity contribution in [1.82, 2.24) is 4.31 Å². The summed E-state index contributed by atoms with van der Waals surface area (Å²) < 4.78 is 27.8. The Morgan fingerprint density at radius 3 is 2.58 bits per heavy atom. The van der Waals surface area contributed by atoms with Crippen molar-refractivity contribution in [2.24, 2.45) is 5.92 Å². The van der Waals surface area contributed by atoms with Crippen LogP contribution in [0.4, 0.5) is 0 Å². The molecule has 1 fully saturated rings. The molecule has 1 aromatic rings. The number of hydrogen-bond donors (Lipinski definition) is 0. The highest BCUT2D eigenvalue weighted by molar-refractivity contribution is 9.10. The van der Waals surface area contributed by atoms with Crippen molar-refractivity contribution >= 4 is 26.0 Å². The second-order valence-electron chi connectivity index (χ2n) is 5.54. The molecule has 1 aromatic carbocycles. The fourth-order valence-corrected chi connectivity index (χ4v) is 5.46. The van der Waals surface area contributed by atoms with Crippen LogP contribution in [0.25, 0.3) is 0 Å². The summed E-state index contributed by atoms with van der Waals surface area (Å²) in [5.74, 6) is 0.426. The maximum atomic E-state index is 12.8. The Morgan fingerprint density at radius 2 is 1.95 bits per heavy atom. The van der Waals surface area contributed by atoms with Gasteiger partial charge in [0, 0.05) is 17.1 Å². The number of hydrogen-bond acceptors (Lipinski definition) is 2. The number of sulfonamides is 1. The summed E-state index contributed by atoms with van der Waals surface area (Å²) >= 11 is 3.38. The summed E-state index contributed by atoms with van der Waals surface area (Å²) in [5.41, 5.74) is 1.05. The average molecular weight is 346 g/mol. The largest absolute Gasteiger partial charge is 0.244 e. The van der Waals surface area contributed by atoms with E-state index in [1.165, 1.54) is 0 Å². The van der Waals surface area contributed by atoms with Crippen LogP contribution in [0.5, 0.6) is 0 Å². The lowest BCUT2D eigenvalue weighted by Crippen LogP contribution is -2.44. The maximum absolute atomic E-state index is 12.8. The van der Waals surface area contributed by atoms with Gasteiger partial charge in [0.25, 0.3) is 0 Å². The zero-order valence-electron chi connectivity index (χ0n) is 11.6. The van der Waals surface area contributed by atoms with Gasteiger partial charge in [-0.2, -0.15) is 4.31 Å². The normalized spacial score (nSPS) is 25.5. The van der Waals surface area contributed by atoms with Crippen molar-refractivity contribution < 1.29 is 8.42 Å². The second kappa shape index (κ2) is 5.54. The lowest BCUT2D eigenvalue weighted by molar-refractivity contribution is 0.218. The van der Waals surface area contributed by atoms with Gasteiger partial charge in [0.1, 0.15) is 0 Å². The summed E-state index contributed by atoms with van der Waals surface area (Å²) in [4.78, 5) is 0.374. The second-order valence-corrected chi connectivity index (χ2v) is 8.25. The van der Waals surface area contributed by atoms with Gasteiger partial charge in [-0.25, -0.2) is 8.42 Å². The molecule has 1 aliphatic heterocycles. The van der Waals surface area contributed by atoms with E-state index in [4.69, 9.17) is 0 Å². The molecule has 5 heteroatoms. The number of rotatable bonds is 2. The Kier molecular flexibility index (Phi) is 4.38. The van der Waals surface area contributed by atoms with Gasteiger partial charge in [0.2, 0.25) is 10.0 Å². The average Bonchev–Trinajstić information content (AvgIpc) is 2.31. The van der Waals surface area contributed by atoms with E-state index in [-0.39, 0.29) is 6.04 Å². The van der Waals surface area contributed by atoms with Crippen molar-refractivity contribution in [2.45, 2.75) is 44.6 Å². The van der Waals surface area contributed by atoms with Crippen molar-refractivity contribution in [3.63, 3.8) is 0 Å². The van der Waals surface area contributed by atoms with Crippen LogP contribution in [-0.4, -0.2) is 25.3 Å². The fraction of sp³-hybridized carbons (Fsp3) is 0.571. The topological polar surface area (TPSA) is 37.4 Å². The molecule has 0 spiro atoms. The fourth-order valence-electron chi connectivity index (χ4n) is 2.52. The molecule has 1 saturated heterocycles. The van der Waals surface area contributed by atoms with Crippen LogP contribution in [0.1, 0.15) is 32.3 Å². The van der Waals surface area contributed by atoms with E-state index >= 15 is 0 Å². The lowest BCUT2D eigenvalue weighted by Gasteiger charge is -2.35. The Bertz CT molecular complexity index is 571. The molecule has 0 aliphatic carbocycles.